The van der Waals surface area contributed by atoms with Gasteiger partial charge in [0.05, 0.1) is 10.8 Å². The van der Waals surface area contributed by atoms with E-state index in [4.69, 9.17) is 5.73 Å². The number of allylic oxidation sites excluding steroid dienone is 1. The number of nitriles is 1. The molecule has 0 fully saturated rings. The molecule has 0 saturated carbocycles. The maximum Gasteiger partial charge on any atom is 0.279 e. The van der Waals surface area contributed by atoms with E-state index in [9.17, 15) is 19.2 Å². The molecule has 6 nitrogen and oxygen atoms in total. The third-order valence-corrected chi connectivity index (χ3v) is 4.35. The highest BCUT2D eigenvalue weighted by atomic mass is 19.1. The molecule has 2 N–H and O–H groups in total. The van der Waals surface area contributed by atoms with Gasteiger partial charge in [-0.1, -0.05) is 30.3 Å². The van der Waals surface area contributed by atoms with E-state index < -0.39 is 23.0 Å². The van der Waals surface area contributed by atoms with Gasteiger partial charge in [0, 0.05) is 5.56 Å². The maximum absolute atomic E-state index is 14.3. The van der Waals surface area contributed by atoms with Crippen molar-refractivity contribution < 1.29 is 4.39 Å². The number of halogens is 1. The third kappa shape index (κ3) is 1.88. The first kappa shape index (κ1) is 14.9. The second-order valence-corrected chi connectivity index (χ2v) is 5.65. The number of nitrogens with zero attached hydrogens (tertiary/aromatic N) is 3. The fourth-order valence-electron chi connectivity index (χ4n) is 3.22. The van der Waals surface area contributed by atoms with Gasteiger partial charge in [-0.25, -0.2) is 9.07 Å². The Bertz CT molecular complexity index is 1230. The van der Waals surface area contributed by atoms with Crippen LogP contribution in [0.5, 0.6) is 0 Å². The highest BCUT2D eigenvalue weighted by Crippen LogP contribution is 2.33. The molecule has 1 aliphatic rings. The van der Waals surface area contributed by atoms with Gasteiger partial charge in [0.25, 0.3) is 11.1 Å². The number of aromatic nitrogens is 2. The largest absolute Gasteiger partial charge is 0.383 e. The molecular formula is C18H11FN4O2. The average molecular weight is 334 g/mol. The zero-order valence-electron chi connectivity index (χ0n) is 12.8. The maximum atomic E-state index is 14.3. The molecular weight excluding hydrogens is 323 g/mol. The van der Waals surface area contributed by atoms with E-state index in [2.05, 4.69) is 0 Å². The van der Waals surface area contributed by atoms with Crippen LogP contribution in [-0.4, -0.2) is 9.36 Å². The van der Waals surface area contributed by atoms with Gasteiger partial charge in [0.15, 0.2) is 0 Å². The van der Waals surface area contributed by atoms with Crippen molar-refractivity contribution in [1.29, 1.82) is 5.26 Å². The van der Waals surface area contributed by atoms with Gasteiger partial charge in [-0.05, 0) is 18.2 Å². The van der Waals surface area contributed by atoms with Crippen LogP contribution in [0.4, 0.5) is 4.39 Å². The molecule has 0 saturated heterocycles. The molecule has 2 aromatic carbocycles. The first-order valence-corrected chi connectivity index (χ1v) is 7.47. The molecule has 1 atom stereocenters. The van der Waals surface area contributed by atoms with Crippen LogP contribution in [-0.2, 0) is 0 Å². The number of hydrogen-bond acceptors (Lipinski definition) is 4. The van der Waals surface area contributed by atoms with Crippen molar-refractivity contribution in [2.75, 3.05) is 0 Å². The van der Waals surface area contributed by atoms with Crippen molar-refractivity contribution in [3.8, 4) is 6.07 Å². The van der Waals surface area contributed by atoms with E-state index in [0.717, 1.165) is 9.36 Å². The van der Waals surface area contributed by atoms with E-state index in [-0.39, 0.29) is 27.7 Å². The van der Waals surface area contributed by atoms with Crippen LogP contribution < -0.4 is 16.9 Å². The molecule has 0 aliphatic carbocycles. The van der Waals surface area contributed by atoms with Gasteiger partial charge in [0.1, 0.15) is 29.3 Å². The summed E-state index contributed by atoms with van der Waals surface area (Å²) >= 11 is 0. The van der Waals surface area contributed by atoms with E-state index >= 15 is 0 Å². The molecule has 0 spiro atoms. The summed E-state index contributed by atoms with van der Waals surface area (Å²) in [5.74, 6) is -0.752. The number of benzene rings is 2. The summed E-state index contributed by atoms with van der Waals surface area (Å²) in [5.41, 5.74) is 4.99. The minimum atomic E-state index is -1.09. The average Bonchev–Trinajstić information content (AvgIpc) is 2.92. The van der Waals surface area contributed by atoms with Crippen LogP contribution >= 0.6 is 0 Å². The van der Waals surface area contributed by atoms with Crippen LogP contribution in [0.2, 0.25) is 0 Å². The Morgan fingerprint density at radius 1 is 1.00 bits per heavy atom. The molecule has 7 heteroatoms. The summed E-state index contributed by atoms with van der Waals surface area (Å²) in [4.78, 5) is 25.8. The Morgan fingerprint density at radius 2 is 1.60 bits per heavy atom. The molecule has 0 amide bonds. The van der Waals surface area contributed by atoms with Gasteiger partial charge in [-0.2, -0.15) is 9.94 Å². The number of hydrogen-bond donors (Lipinski definition) is 1. The molecule has 1 aromatic heterocycles. The summed E-state index contributed by atoms with van der Waals surface area (Å²) in [6, 6.07) is 12.9. The number of rotatable bonds is 1. The Morgan fingerprint density at radius 3 is 2.24 bits per heavy atom. The standard InChI is InChI=1S/C18H11FN4O2/c19-14-8-4-3-7-12(14)15-13(9-20)16(21)23-18(25)11-6-2-1-5-10(11)17(24)22(15)23/h1-8,15H,21H2. The molecule has 3 aromatic rings. The predicted octanol–water partition coefficient (Wildman–Crippen LogP) is 1.56. The van der Waals surface area contributed by atoms with Gasteiger partial charge in [0.2, 0.25) is 0 Å². The zero-order valence-corrected chi connectivity index (χ0v) is 12.8. The Labute approximate surface area is 140 Å². The van der Waals surface area contributed by atoms with Crippen LogP contribution in [0.15, 0.2) is 63.7 Å². The summed E-state index contributed by atoms with van der Waals surface area (Å²) in [6.45, 7) is 0. The lowest BCUT2D eigenvalue weighted by Crippen LogP contribution is -2.38. The van der Waals surface area contributed by atoms with Gasteiger partial charge >= 0.3 is 0 Å². The summed E-state index contributed by atoms with van der Waals surface area (Å²) in [7, 11) is 0. The monoisotopic (exact) mass is 334 g/mol. The molecule has 2 heterocycles. The predicted molar refractivity (Wildman–Crippen MR) is 90.0 cm³/mol. The minimum Gasteiger partial charge on any atom is -0.383 e. The SMILES string of the molecule is N#CC1=C(N)n2c(=O)c3ccccc3c(=O)n2C1c1ccccc1F. The second kappa shape index (κ2) is 5.18. The first-order valence-electron chi connectivity index (χ1n) is 7.47. The summed E-state index contributed by atoms with van der Waals surface area (Å²) in [6.07, 6.45) is 0. The van der Waals surface area contributed by atoms with Crippen LogP contribution in [0, 0.1) is 17.1 Å². The van der Waals surface area contributed by atoms with Crippen molar-refractivity contribution >= 4 is 16.6 Å². The van der Waals surface area contributed by atoms with Gasteiger partial charge < -0.3 is 5.73 Å². The second-order valence-electron chi connectivity index (χ2n) is 5.65. The molecule has 25 heavy (non-hydrogen) atoms. The van der Waals surface area contributed by atoms with E-state index in [1.54, 1.807) is 18.2 Å². The van der Waals surface area contributed by atoms with Crippen molar-refractivity contribution in [1.82, 2.24) is 9.36 Å². The smallest absolute Gasteiger partial charge is 0.279 e. The van der Waals surface area contributed by atoms with Crippen LogP contribution in [0.25, 0.3) is 16.6 Å². The summed E-state index contributed by atoms with van der Waals surface area (Å²) in [5, 5.41) is 9.89. The normalized spacial score (nSPS) is 16.1. The molecule has 0 bridgehead atoms. The Hall–Kier alpha value is -3.66. The quantitative estimate of drug-likeness (QED) is 0.731. The van der Waals surface area contributed by atoms with E-state index in [0.29, 0.717) is 0 Å². The lowest BCUT2D eigenvalue weighted by Gasteiger charge is -2.17. The fraction of sp³-hybridized carbons (Fsp3) is 0.0556. The number of nitrogens with two attached hydrogens (primary N) is 1. The first-order chi connectivity index (χ1) is 12.1. The lowest BCUT2D eigenvalue weighted by atomic mass is 10.00. The Kier molecular flexibility index (Phi) is 3.09. The Balaban J connectivity index is 2.20. The van der Waals surface area contributed by atoms with Gasteiger partial charge in [-0.3, -0.25) is 9.59 Å². The molecule has 122 valence electrons. The summed E-state index contributed by atoms with van der Waals surface area (Å²) < 4.78 is 16.4. The van der Waals surface area contributed by atoms with E-state index in [1.807, 2.05) is 6.07 Å². The lowest BCUT2D eigenvalue weighted by molar-refractivity contribution is 0.511. The van der Waals surface area contributed by atoms with Gasteiger partial charge in [-0.15, -0.1) is 0 Å². The van der Waals surface area contributed by atoms with Crippen molar-refractivity contribution in [2.45, 2.75) is 6.04 Å². The van der Waals surface area contributed by atoms with Crippen LogP contribution in [0.3, 0.4) is 0 Å². The molecule has 1 aliphatic heterocycles. The third-order valence-electron chi connectivity index (χ3n) is 4.35. The number of fused-ring (bicyclic) bond motifs is 2. The van der Waals surface area contributed by atoms with Crippen molar-refractivity contribution in [3.05, 3.63) is 86.2 Å². The highest BCUT2D eigenvalue weighted by Gasteiger charge is 2.35. The van der Waals surface area contributed by atoms with Crippen molar-refractivity contribution in [3.63, 3.8) is 0 Å². The highest BCUT2D eigenvalue weighted by molar-refractivity contribution is 5.81. The molecule has 4 rings (SSSR count). The molecule has 0 radical (unpaired) electrons. The van der Waals surface area contributed by atoms with Crippen LogP contribution in [0.1, 0.15) is 11.6 Å². The fourth-order valence-corrected chi connectivity index (χ4v) is 3.22. The van der Waals surface area contributed by atoms with Crippen molar-refractivity contribution in [2.24, 2.45) is 5.73 Å². The minimum absolute atomic E-state index is 0.0420. The topological polar surface area (TPSA) is 93.8 Å². The van der Waals surface area contributed by atoms with E-state index in [1.165, 1.54) is 30.3 Å². The zero-order chi connectivity index (χ0) is 17.7. The molecule has 1 unspecified atom stereocenters.